The average molecular weight is 403 g/mol. The number of halogens is 2. The minimum absolute atomic E-state index is 0.00228. The first-order chi connectivity index (χ1) is 13.9. The van der Waals surface area contributed by atoms with Gasteiger partial charge >= 0.3 is 5.97 Å². The van der Waals surface area contributed by atoms with Crippen LogP contribution in [-0.4, -0.2) is 34.3 Å². The third-order valence-electron chi connectivity index (χ3n) is 6.83. The van der Waals surface area contributed by atoms with Crippen LogP contribution in [0.3, 0.4) is 0 Å². The van der Waals surface area contributed by atoms with E-state index in [1.54, 1.807) is 4.90 Å². The van der Waals surface area contributed by atoms with Crippen LogP contribution in [0.2, 0.25) is 0 Å². The minimum Gasteiger partial charge on any atom is -0.477 e. The van der Waals surface area contributed by atoms with E-state index in [0.717, 1.165) is 44.6 Å². The summed E-state index contributed by atoms with van der Waals surface area (Å²) in [6.45, 7) is 0.517. The summed E-state index contributed by atoms with van der Waals surface area (Å²) in [4.78, 5) is 25.9. The van der Waals surface area contributed by atoms with Gasteiger partial charge in [0.2, 0.25) is 5.43 Å². The van der Waals surface area contributed by atoms with Gasteiger partial charge in [-0.15, -0.1) is 0 Å². The molecule has 0 amide bonds. The highest BCUT2D eigenvalue weighted by Crippen LogP contribution is 2.43. The number of nitrogens with two attached hydrogens (primary N) is 1. The molecule has 0 radical (unpaired) electrons. The maximum atomic E-state index is 15.8. The largest absolute Gasteiger partial charge is 0.477 e. The van der Waals surface area contributed by atoms with Gasteiger partial charge in [0.15, 0.2) is 5.82 Å². The molecule has 154 valence electrons. The molecule has 29 heavy (non-hydrogen) atoms. The van der Waals surface area contributed by atoms with Gasteiger partial charge < -0.3 is 20.3 Å². The van der Waals surface area contributed by atoms with Gasteiger partial charge in [-0.2, -0.15) is 0 Å². The van der Waals surface area contributed by atoms with Gasteiger partial charge in [0.05, 0.1) is 10.9 Å². The predicted molar refractivity (Wildman–Crippen MR) is 104 cm³/mol. The lowest BCUT2D eigenvalue weighted by atomic mass is 9.81. The van der Waals surface area contributed by atoms with Gasteiger partial charge in [0, 0.05) is 30.9 Å². The normalized spacial score (nSPS) is 26.7. The highest BCUT2D eigenvalue weighted by Gasteiger charge is 2.42. The smallest absolute Gasteiger partial charge is 0.341 e. The lowest BCUT2D eigenvalue weighted by Crippen LogP contribution is -2.44. The van der Waals surface area contributed by atoms with Crippen molar-refractivity contribution in [3.8, 4) is 0 Å². The summed E-state index contributed by atoms with van der Waals surface area (Å²) in [5.41, 5.74) is 4.82. The monoisotopic (exact) mass is 403 g/mol. The topological polar surface area (TPSA) is 88.6 Å². The molecule has 1 aromatic heterocycles. The second kappa shape index (κ2) is 6.52. The van der Waals surface area contributed by atoms with Crippen LogP contribution >= 0.6 is 0 Å². The summed E-state index contributed by atoms with van der Waals surface area (Å²) >= 11 is 0. The van der Waals surface area contributed by atoms with Crippen LogP contribution in [0.15, 0.2) is 17.1 Å². The Balaban J connectivity index is 1.72. The molecule has 0 unspecified atom stereocenters. The molecule has 1 aliphatic heterocycles. The Bertz CT molecular complexity index is 1080. The summed E-state index contributed by atoms with van der Waals surface area (Å²) in [5.74, 6) is -2.79. The molecule has 2 aliphatic carbocycles. The third kappa shape index (κ3) is 2.76. The van der Waals surface area contributed by atoms with Gasteiger partial charge in [0.1, 0.15) is 17.1 Å². The van der Waals surface area contributed by atoms with E-state index in [1.165, 1.54) is 10.8 Å². The summed E-state index contributed by atoms with van der Waals surface area (Å²) in [7, 11) is 0. The molecular weight excluding hydrogens is 380 g/mol. The van der Waals surface area contributed by atoms with Crippen molar-refractivity contribution in [2.75, 3.05) is 11.4 Å². The molecule has 3 atom stereocenters. The molecule has 3 fully saturated rings. The van der Waals surface area contributed by atoms with Gasteiger partial charge in [-0.3, -0.25) is 4.79 Å². The van der Waals surface area contributed by atoms with Crippen molar-refractivity contribution in [3.05, 3.63) is 39.7 Å². The van der Waals surface area contributed by atoms with Crippen molar-refractivity contribution in [1.82, 2.24) is 4.57 Å². The highest BCUT2D eigenvalue weighted by molar-refractivity contribution is 5.94. The summed E-state index contributed by atoms with van der Waals surface area (Å²) in [6.07, 6.45) is 6.22. The molecule has 8 heteroatoms. The van der Waals surface area contributed by atoms with E-state index in [-0.39, 0.29) is 40.6 Å². The number of aromatic carboxylic acids is 1. The number of benzene rings is 1. The van der Waals surface area contributed by atoms with Gasteiger partial charge in [-0.25, -0.2) is 13.6 Å². The Kier molecular flexibility index (Phi) is 4.17. The molecule has 0 spiro atoms. The van der Waals surface area contributed by atoms with E-state index >= 15 is 8.78 Å². The SMILES string of the molecule is N[C@H]1CCC[C@H]2[C@@H]1CCN2c1c(F)cc2c(=O)c(C(=O)O)cn(C3CC3)c2c1F. The Morgan fingerprint density at radius 3 is 2.62 bits per heavy atom. The van der Waals surface area contributed by atoms with Crippen LogP contribution in [0.4, 0.5) is 14.5 Å². The van der Waals surface area contributed by atoms with Crippen molar-refractivity contribution >= 4 is 22.6 Å². The molecule has 6 nitrogen and oxygen atoms in total. The molecule has 0 bridgehead atoms. The Hall–Kier alpha value is -2.48. The Morgan fingerprint density at radius 2 is 1.93 bits per heavy atom. The van der Waals surface area contributed by atoms with Crippen molar-refractivity contribution in [3.63, 3.8) is 0 Å². The van der Waals surface area contributed by atoms with Crippen LogP contribution < -0.4 is 16.1 Å². The lowest BCUT2D eigenvalue weighted by molar-refractivity contribution is 0.0695. The fourth-order valence-electron chi connectivity index (χ4n) is 5.29. The molecule has 1 saturated heterocycles. The first-order valence-corrected chi connectivity index (χ1v) is 10.2. The molecular formula is C21H23F2N3O3. The average Bonchev–Trinajstić information content (AvgIpc) is 3.43. The van der Waals surface area contributed by atoms with Crippen molar-refractivity contribution in [2.24, 2.45) is 11.7 Å². The maximum absolute atomic E-state index is 15.8. The number of carbonyl (C=O) groups is 1. The lowest BCUT2D eigenvalue weighted by Gasteiger charge is -2.36. The summed E-state index contributed by atoms with van der Waals surface area (Å²) < 4.78 is 32.4. The third-order valence-corrected chi connectivity index (χ3v) is 6.83. The van der Waals surface area contributed by atoms with Crippen LogP contribution in [0.25, 0.3) is 10.9 Å². The Labute approximate surface area is 165 Å². The zero-order chi connectivity index (χ0) is 20.4. The summed E-state index contributed by atoms with van der Waals surface area (Å²) in [5, 5.41) is 9.13. The van der Waals surface area contributed by atoms with Crippen molar-refractivity contribution in [2.45, 2.75) is 56.7 Å². The standard InChI is InChI=1S/C21H23F2N3O3/c22-14-8-12-18(26(10-4-5-10)9-13(20(12)27)21(28)29)17(23)19(14)25-7-6-11-15(24)2-1-3-16(11)25/h8-11,15-16H,1-7,24H2,(H,28,29)/t11-,15+,16+/m1/s1. The summed E-state index contributed by atoms with van der Waals surface area (Å²) in [6, 6.07) is 0.962. The maximum Gasteiger partial charge on any atom is 0.341 e. The zero-order valence-corrected chi connectivity index (χ0v) is 15.9. The number of hydrogen-bond acceptors (Lipinski definition) is 4. The number of carboxylic acids is 1. The number of fused-ring (bicyclic) bond motifs is 2. The molecule has 1 aromatic carbocycles. The van der Waals surface area contributed by atoms with Crippen molar-refractivity contribution in [1.29, 1.82) is 0 Å². The highest BCUT2D eigenvalue weighted by atomic mass is 19.1. The molecule has 3 N–H and O–H groups in total. The predicted octanol–water partition coefficient (Wildman–Crippen LogP) is 3.02. The number of hydrogen-bond donors (Lipinski definition) is 2. The number of carboxylic acid groups (broad SMARTS) is 1. The number of nitrogens with zero attached hydrogens (tertiary/aromatic N) is 2. The van der Waals surface area contributed by atoms with Gasteiger partial charge in [-0.05, 0) is 50.5 Å². The van der Waals surface area contributed by atoms with Crippen molar-refractivity contribution < 1.29 is 18.7 Å². The second-order valence-electron chi connectivity index (χ2n) is 8.54. The number of anilines is 1. The molecule has 3 aliphatic rings. The van der Waals surface area contributed by atoms with Crippen LogP contribution in [-0.2, 0) is 0 Å². The quantitative estimate of drug-likeness (QED) is 0.823. The zero-order valence-electron chi connectivity index (χ0n) is 15.9. The van der Waals surface area contributed by atoms with E-state index < -0.39 is 28.6 Å². The van der Waals surface area contributed by atoms with E-state index in [2.05, 4.69) is 0 Å². The molecule has 5 rings (SSSR count). The van der Waals surface area contributed by atoms with Crippen LogP contribution in [0.1, 0.15) is 54.9 Å². The first kappa shape index (κ1) is 18.5. The Morgan fingerprint density at radius 1 is 1.17 bits per heavy atom. The molecule has 2 heterocycles. The fraction of sp³-hybridized carbons (Fsp3) is 0.524. The van der Waals surface area contributed by atoms with E-state index in [9.17, 15) is 14.7 Å². The fourth-order valence-corrected chi connectivity index (χ4v) is 5.29. The van der Waals surface area contributed by atoms with Crippen LogP contribution in [0.5, 0.6) is 0 Å². The number of pyridine rings is 1. The number of aromatic nitrogens is 1. The molecule has 2 aromatic rings. The first-order valence-electron chi connectivity index (χ1n) is 10.2. The second-order valence-corrected chi connectivity index (χ2v) is 8.54. The number of rotatable bonds is 3. The van der Waals surface area contributed by atoms with Crippen LogP contribution in [0, 0.1) is 17.6 Å². The van der Waals surface area contributed by atoms with Gasteiger partial charge in [-0.1, -0.05) is 0 Å². The van der Waals surface area contributed by atoms with E-state index in [0.29, 0.717) is 6.54 Å². The van der Waals surface area contributed by atoms with Gasteiger partial charge in [0.25, 0.3) is 0 Å². The van der Waals surface area contributed by atoms with E-state index in [1.807, 2.05) is 0 Å². The van der Waals surface area contributed by atoms with E-state index in [4.69, 9.17) is 5.73 Å². The molecule has 2 saturated carbocycles. The minimum atomic E-state index is -1.39.